The van der Waals surface area contributed by atoms with Crippen LogP contribution >= 0.6 is 0 Å². The Kier molecular flexibility index (Phi) is 7.45. The molecule has 2 heterocycles. The van der Waals surface area contributed by atoms with Crippen LogP contribution in [0.25, 0.3) is 5.69 Å². The van der Waals surface area contributed by atoms with Gasteiger partial charge in [0.25, 0.3) is 0 Å². The van der Waals surface area contributed by atoms with Gasteiger partial charge in [0.05, 0.1) is 11.4 Å². The number of aromatic nitrogens is 2. The lowest BCUT2D eigenvalue weighted by Gasteiger charge is -2.34. The van der Waals surface area contributed by atoms with E-state index in [9.17, 15) is 9.59 Å². The molecule has 0 saturated carbocycles. The summed E-state index contributed by atoms with van der Waals surface area (Å²) in [5.41, 5.74) is 4.68. The molecule has 0 atom stereocenters. The third kappa shape index (κ3) is 6.31. The van der Waals surface area contributed by atoms with Crippen molar-refractivity contribution in [3.8, 4) is 5.69 Å². The van der Waals surface area contributed by atoms with Crippen molar-refractivity contribution in [2.75, 3.05) is 36.8 Å². The molecule has 190 valence electrons. The molecule has 1 saturated heterocycles. The van der Waals surface area contributed by atoms with Crippen molar-refractivity contribution in [1.82, 2.24) is 19.6 Å². The van der Waals surface area contributed by atoms with Gasteiger partial charge in [0, 0.05) is 56.8 Å². The lowest BCUT2D eigenvalue weighted by atomic mass is 9.92. The Balaban J connectivity index is 1.39. The molecule has 2 N–H and O–H groups in total. The van der Waals surface area contributed by atoms with Gasteiger partial charge in [0.15, 0.2) is 0 Å². The van der Waals surface area contributed by atoms with Gasteiger partial charge in [-0.25, -0.2) is 9.48 Å². The van der Waals surface area contributed by atoms with Gasteiger partial charge in [-0.2, -0.15) is 5.10 Å². The van der Waals surface area contributed by atoms with Crippen molar-refractivity contribution in [3.63, 3.8) is 0 Å². The number of piperazine rings is 1. The van der Waals surface area contributed by atoms with Gasteiger partial charge in [-0.3, -0.25) is 15.0 Å². The monoisotopic (exact) mass is 488 g/mol. The molecule has 0 radical (unpaired) electrons. The largest absolute Gasteiger partial charge is 0.340 e. The maximum atomic E-state index is 12.9. The van der Waals surface area contributed by atoms with Gasteiger partial charge < -0.3 is 10.2 Å². The van der Waals surface area contributed by atoms with Crippen LogP contribution in [-0.2, 0) is 16.8 Å². The van der Waals surface area contributed by atoms with E-state index in [1.54, 1.807) is 11.6 Å². The minimum Gasteiger partial charge on any atom is -0.340 e. The molecule has 1 aliphatic heterocycles. The van der Waals surface area contributed by atoms with E-state index in [1.165, 1.54) is 5.56 Å². The average molecular weight is 489 g/mol. The summed E-state index contributed by atoms with van der Waals surface area (Å²) in [5.74, 6) is 0.752. The Morgan fingerprint density at radius 3 is 2.14 bits per heavy atom. The van der Waals surface area contributed by atoms with Crippen LogP contribution in [-0.4, -0.2) is 57.7 Å². The van der Waals surface area contributed by atoms with Crippen molar-refractivity contribution < 1.29 is 9.59 Å². The minimum atomic E-state index is -0.322. The van der Waals surface area contributed by atoms with Crippen LogP contribution in [0.15, 0.2) is 54.6 Å². The summed E-state index contributed by atoms with van der Waals surface area (Å²) in [6.07, 6.45) is 0. The van der Waals surface area contributed by atoms with E-state index < -0.39 is 0 Å². The fourth-order valence-corrected chi connectivity index (χ4v) is 4.17. The van der Waals surface area contributed by atoms with E-state index in [2.05, 4.69) is 36.3 Å². The second kappa shape index (κ2) is 10.5. The van der Waals surface area contributed by atoms with E-state index >= 15 is 0 Å². The number of carbonyl (C=O) groups excluding carboxylic acids is 2. The number of carbonyl (C=O) groups is 2. The quantitative estimate of drug-likeness (QED) is 0.541. The van der Waals surface area contributed by atoms with Crippen LogP contribution in [0.4, 0.5) is 16.3 Å². The molecule has 0 aliphatic carbocycles. The van der Waals surface area contributed by atoms with Crippen LogP contribution < -0.4 is 10.6 Å². The van der Waals surface area contributed by atoms with Crippen molar-refractivity contribution >= 4 is 23.4 Å². The summed E-state index contributed by atoms with van der Waals surface area (Å²) >= 11 is 0. The number of anilines is 2. The Bertz CT molecular complexity index is 1200. The summed E-state index contributed by atoms with van der Waals surface area (Å²) in [6.45, 7) is 14.1. The minimum absolute atomic E-state index is 0.139. The molecule has 4 rings (SSSR count). The molecule has 3 amide bonds. The molecule has 36 heavy (non-hydrogen) atoms. The first kappa shape index (κ1) is 25.4. The maximum Gasteiger partial charge on any atom is 0.324 e. The van der Waals surface area contributed by atoms with Gasteiger partial charge in [-0.05, 0) is 36.8 Å². The van der Waals surface area contributed by atoms with E-state index in [0.717, 1.165) is 55.4 Å². The molecule has 2 aromatic carbocycles. The van der Waals surface area contributed by atoms with Gasteiger partial charge in [-0.1, -0.05) is 50.6 Å². The lowest BCUT2D eigenvalue weighted by Crippen LogP contribution is -2.47. The smallest absolute Gasteiger partial charge is 0.324 e. The lowest BCUT2D eigenvalue weighted by molar-refractivity contribution is -0.130. The topological polar surface area (TPSA) is 82.5 Å². The van der Waals surface area contributed by atoms with Crippen LogP contribution in [0.1, 0.15) is 44.5 Å². The highest BCUT2D eigenvalue weighted by Gasteiger charge is 2.22. The first-order valence-corrected chi connectivity index (χ1v) is 12.4. The molecule has 8 nitrogen and oxygen atoms in total. The molecule has 0 bridgehead atoms. The molecule has 1 fully saturated rings. The Morgan fingerprint density at radius 1 is 0.917 bits per heavy atom. The zero-order chi connectivity index (χ0) is 25.9. The summed E-state index contributed by atoms with van der Waals surface area (Å²) < 4.78 is 1.77. The number of amides is 3. The molecule has 0 spiro atoms. The molecular formula is C28H36N6O2. The first-order chi connectivity index (χ1) is 17.1. The zero-order valence-corrected chi connectivity index (χ0v) is 21.8. The summed E-state index contributed by atoms with van der Waals surface area (Å²) in [4.78, 5) is 28.6. The van der Waals surface area contributed by atoms with Crippen molar-refractivity contribution in [2.24, 2.45) is 0 Å². The van der Waals surface area contributed by atoms with E-state index in [0.29, 0.717) is 5.82 Å². The number of benzene rings is 2. The third-order valence-corrected chi connectivity index (χ3v) is 6.43. The first-order valence-electron chi connectivity index (χ1n) is 12.4. The normalized spacial score (nSPS) is 14.5. The second-order valence-corrected chi connectivity index (χ2v) is 10.5. The van der Waals surface area contributed by atoms with E-state index in [1.807, 2.05) is 66.4 Å². The average Bonchev–Trinajstić information content (AvgIpc) is 3.25. The zero-order valence-electron chi connectivity index (χ0n) is 21.8. The molecule has 3 aromatic rings. The van der Waals surface area contributed by atoms with Gasteiger partial charge in [-0.15, -0.1) is 0 Å². The van der Waals surface area contributed by atoms with Crippen molar-refractivity contribution in [1.29, 1.82) is 0 Å². The van der Waals surface area contributed by atoms with Crippen LogP contribution in [0, 0.1) is 6.92 Å². The van der Waals surface area contributed by atoms with Crippen molar-refractivity contribution in [3.05, 3.63) is 71.4 Å². The molecule has 1 aliphatic rings. The molecule has 8 heteroatoms. The molecule has 1 aromatic heterocycles. The number of nitrogens with one attached hydrogen (secondary N) is 2. The second-order valence-electron chi connectivity index (χ2n) is 10.5. The molecular weight excluding hydrogens is 452 g/mol. The number of rotatable bonds is 5. The predicted octanol–water partition coefficient (Wildman–Crippen LogP) is 4.79. The van der Waals surface area contributed by atoms with Crippen molar-refractivity contribution in [2.45, 2.75) is 46.6 Å². The highest BCUT2D eigenvalue weighted by Crippen LogP contribution is 2.26. The standard InChI is InChI=1S/C28H36N6O2/c1-20-6-12-24(13-7-20)34-26(18-25(31-34)28(3,4)5)30-27(36)29-23-10-8-22(9-11-23)19-32-14-16-33(17-15-32)21(2)35/h6-13,18H,14-17,19H2,1-5H3,(H2,29,30,36). The predicted molar refractivity (Wildman–Crippen MR) is 144 cm³/mol. The maximum absolute atomic E-state index is 12.9. The number of aryl methyl sites for hydroxylation is 1. The highest BCUT2D eigenvalue weighted by atomic mass is 16.2. The fourth-order valence-electron chi connectivity index (χ4n) is 4.17. The SMILES string of the molecule is CC(=O)N1CCN(Cc2ccc(NC(=O)Nc3cc(C(C)(C)C)nn3-c3ccc(C)cc3)cc2)CC1. The number of hydrogen-bond acceptors (Lipinski definition) is 4. The summed E-state index contributed by atoms with van der Waals surface area (Å²) in [7, 11) is 0. The van der Waals surface area contributed by atoms with E-state index in [-0.39, 0.29) is 17.4 Å². The van der Waals surface area contributed by atoms with Gasteiger partial charge in [0.1, 0.15) is 5.82 Å². The van der Waals surface area contributed by atoms with Crippen LogP contribution in [0.5, 0.6) is 0 Å². The van der Waals surface area contributed by atoms with Gasteiger partial charge >= 0.3 is 6.03 Å². The highest BCUT2D eigenvalue weighted by molar-refractivity contribution is 5.99. The van der Waals surface area contributed by atoms with Crippen LogP contribution in [0.3, 0.4) is 0 Å². The van der Waals surface area contributed by atoms with Crippen LogP contribution in [0.2, 0.25) is 0 Å². The summed E-state index contributed by atoms with van der Waals surface area (Å²) in [5, 5.41) is 10.7. The Morgan fingerprint density at radius 2 is 1.56 bits per heavy atom. The number of urea groups is 1. The Labute approximate surface area is 213 Å². The fraction of sp³-hybridized carbons (Fsp3) is 0.393. The van der Waals surface area contributed by atoms with E-state index in [4.69, 9.17) is 5.10 Å². The third-order valence-electron chi connectivity index (χ3n) is 6.43. The number of nitrogens with zero attached hydrogens (tertiary/aromatic N) is 4. The van der Waals surface area contributed by atoms with Gasteiger partial charge in [0.2, 0.25) is 5.91 Å². The summed E-state index contributed by atoms with van der Waals surface area (Å²) in [6, 6.07) is 17.5. The molecule has 0 unspecified atom stereocenters. The number of hydrogen-bond donors (Lipinski definition) is 2. The Hall–Kier alpha value is -3.65.